The number of piperazine rings is 1. The van der Waals surface area contributed by atoms with E-state index in [0.29, 0.717) is 23.0 Å². The second kappa shape index (κ2) is 21.1. The largest absolute Gasteiger partial charge is 0.497 e. The number of fused-ring (bicyclic) bond motifs is 8. The first-order valence-electron chi connectivity index (χ1n) is 28.0. The molecule has 78 heavy (non-hydrogen) atoms. The van der Waals surface area contributed by atoms with Crippen LogP contribution in [0.25, 0.3) is 28.0 Å². The molecule has 2 atom stereocenters. The lowest BCUT2D eigenvalue weighted by Gasteiger charge is -2.43. The van der Waals surface area contributed by atoms with Crippen molar-refractivity contribution >= 4 is 34.5 Å². The Kier molecular flexibility index (Phi) is 13.7. The molecule has 1 saturated heterocycles. The Balaban J connectivity index is 0.822. The molecule has 0 aromatic heterocycles. The van der Waals surface area contributed by atoms with Crippen molar-refractivity contribution in [3.8, 4) is 39.9 Å². The molecular weight excluding hydrogens is 969 g/mol. The smallest absolute Gasteiger partial charge is 0.347 e. The van der Waals surface area contributed by atoms with Crippen molar-refractivity contribution in [2.45, 2.75) is 82.7 Å². The minimum atomic E-state index is -0.864. The van der Waals surface area contributed by atoms with Gasteiger partial charge in [0.25, 0.3) is 0 Å². The summed E-state index contributed by atoms with van der Waals surface area (Å²) in [4.78, 5) is 32.8. The van der Waals surface area contributed by atoms with E-state index in [0.717, 1.165) is 88.6 Å². The summed E-state index contributed by atoms with van der Waals surface area (Å²) in [5.74, 6) is 3.04. The standard InChI is InChI=1S/C69H68N2O7/c1-6-12-45-17-19-46(20-18-45)47-21-31-54(32-22-47)76-66(72)48-23-33-55(34-24-48)77-67(73)60-43-58-59(44-62(60)75-5)65-57(64-63(58)56-15-10-11-16-61(56)68(64,2)3)37-38-69(78-65,49-13-8-7-9-14-49)50-25-27-51(28-26-50)70-39-41-71(42-40-70)52-29-35-53(74-4)36-30-52/h7-11,13-16,21-25,27-38,43-46,50H,6,12,17-20,26,39-42H2,1-5H3. The Bertz CT molecular complexity index is 3470. The summed E-state index contributed by atoms with van der Waals surface area (Å²) in [6.45, 7) is 10.5. The molecule has 7 aromatic carbocycles. The van der Waals surface area contributed by atoms with Crippen molar-refractivity contribution in [2.24, 2.45) is 11.8 Å². The van der Waals surface area contributed by atoms with Crippen LogP contribution in [0.1, 0.15) is 120 Å². The minimum Gasteiger partial charge on any atom is -0.497 e. The monoisotopic (exact) mass is 1040 g/mol. The summed E-state index contributed by atoms with van der Waals surface area (Å²) >= 11 is 0. The van der Waals surface area contributed by atoms with E-state index < -0.39 is 23.0 Å². The van der Waals surface area contributed by atoms with Gasteiger partial charge in [-0.15, -0.1) is 0 Å². The molecule has 1 saturated carbocycles. The molecule has 7 aromatic rings. The van der Waals surface area contributed by atoms with Gasteiger partial charge in [0.15, 0.2) is 5.60 Å². The maximum atomic E-state index is 14.5. The zero-order valence-electron chi connectivity index (χ0n) is 45.4. The summed E-state index contributed by atoms with van der Waals surface area (Å²) in [6.07, 6.45) is 19.9. The van der Waals surface area contributed by atoms with Gasteiger partial charge in [0.2, 0.25) is 0 Å². The molecule has 0 N–H and O–H groups in total. The van der Waals surface area contributed by atoms with Crippen LogP contribution in [0.4, 0.5) is 5.69 Å². The molecule has 2 heterocycles. The second-order valence-corrected chi connectivity index (χ2v) is 22.2. The Morgan fingerprint density at radius 2 is 1.35 bits per heavy atom. The zero-order chi connectivity index (χ0) is 53.5. The van der Waals surface area contributed by atoms with Crippen LogP contribution in [0.2, 0.25) is 0 Å². The van der Waals surface area contributed by atoms with Crippen LogP contribution in [0, 0.1) is 11.8 Å². The number of hydrogen-bond donors (Lipinski definition) is 0. The van der Waals surface area contributed by atoms with Crippen LogP contribution in [-0.2, 0) is 11.0 Å². The fraction of sp³-hybridized carbons (Fsp3) is 0.304. The molecule has 0 bridgehead atoms. The van der Waals surface area contributed by atoms with Crippen LogP contribution in [0.15, 0.2) is 170 Å². The fourth-order valence-electron chi connectivity index (χ4n) is 13.3. The van der Waals surface area contributed by atoms with E-state index in [1.54, 1.807) is 38.5 Å². The summed E-state index contributed by atoms with van der Waals surface area (Å²) in [5, 5.41) is 1.71. The Morgan fingerprint density at radius 1 is 0.679 bits per heavy atom. The molecule has 2 aliphatic heterocycles. The van der Waals surface area contributed by atoms with E-state index in [2.05, 4.69) is 134 Å². The lowest BCUT2D eigenvalue weighted by molar-refractivity contribution is 0.0716. The van der Waals surface area contributed by atoms with Crippen molar-refractivity contribution in [3.05, 3.63) is 208 Å². The van der Waals surface area contributed by atoms with Gasteiger partial charge in [-0.3, -0.25) is 0 Å². The van der Waals surface area contributed by atoms with Gasteiger partial charge in [-0.1, -0.05) is 119 Å². The van der Waals surface area contributed by atoms with Gasteiger partial charge in [0.1, 0.15) is 34.3 Å². The number of anilines is 1. The van der Waals surface area contributed by atoms with Crippen molar-refractivity contribution < 1.29 is 33.3 Å². The summed E-state index contributed by atoms with van der Waals surface area (Å²) in [6, 6.07) is 45.8. The maximum absolute atomic E-state index is 14.5. The van der Waals surface area contributed by atoms with Crippen LogP contribution in [0.5, 0.6) is 28.7 Å². The number of methoxy groups -OCH3 is 2. The van der Waals surface area contributed by atoms with Crippen LogP contribution in [-0.4, -0.2) is 57.2 Å². The number of esters is 2. The first-order valence-corrected chi connectivity index (χ1v) is 28.0. The Hall–Kier alpha value is -8.04. The third-order valence-corrected chi connectivity index (χ3v) is 17.4. The molecule has 2 unspecified atom stereocenters. The van der Waals surface area contributed by atoms with Crippen LogP contribution < -0.4 is 28.6 Å². The second-order valence-electron chi connectivity index (χ2n) is 22.2. The van der Waals surface area contributed by atoms with E-state index in [9.17, 15) is 9.59 Å². The quantitative estimate of drug-likeness (QED) is 0.0828. The lowest BCUT2D eigenvalue weighted by Crippen LogP contribution is -2.46. The topological polar surface area (TPSA) is 86.8 Å². The van der Waals surface area contributed by atoms with Crippen LogP contribution in [0.3, 0.4) is 0 Å². The number of hydrogen-bond acceptors (Lipinski definition) is 9. The minimum absolute atomic E-state index is 0.0391. The number of carbonyl (C=O) groups is 2. The van der Waals surface area contributed by atoms with Gasteiger partial charge >= 0.3 is 11.9 Å². The number of benzene rings is 7. The average molecular weight is 1040 g/mol. The molecule has 0 radical (unpaired) electrons. The third-order valence-electron chi connectivity index (χ3n) is 17.4. The normalized spacial score (nSPS) is 20.9. The summed E-state index contributed by atoms with van der Waals surface area (Å²) in [5.41, 5.74) is 9.71. The molecule has 12 rings (SSSR count). The zero-order valence-corrected chi connectivity index (χ0v) is 45.4. The SMILES string of the molecule is CCCC1CCC(c2ccc(OC(=O)c3ccc(OC(=O)c4cc5c6c(c7c(c5cc4OC)OC(c4ccccc4)(C4C=CC(N5CCN(c8ccc(OC)cc8)CC5)=CC4)C=C7)C(C)(C)c4ccccc4-6)cc3)cc2)CC1. The van der Waals surface area contributed by atoms with E-state index in [1.807, 2.05) is 42.5 Å². The molecular formula is C69H68N2O7. The van der Waals surface area contributed by atoms with E-state index in [4.69, 9.17) is 23.7 Å². The molecule has 9 nitrogen and oxygen atoms in total. The summed E-state index contributed by atoms with van der Waals surface area (Å²) in [7, 11) is 3.28. The summed E-state index contributed by atoms with van der Waals surface area (Å²) < 4.78 is 31.1. The van der Waals surface area contributed by atoms with Gasteiger partial charge in [0, 0.05) is 59.8 Å². The molecule has 5 aliphatic rings. The average Bonchev–Trinajstić information content (AvgIpc) is 3.74. The first-order chi connectivity index (χ1) is 38.0. The number of nitrogens with zero attached hydrogens (tertiary/aromatic N) is 2. The fourth-order valence-corrected chi connectivity index (χ4v) is 13.3. The highest BCUT2D eigenvalue weighted by molar-refractivity contribution is 6.12. The highest BCUT2D eigenvalue weighted by Gasteiger charge is 2.47. The van der Waals surface area contributed by atoms with Crippen LogP contribution >= 0.6 is 0 Å². The molecule has 2 fully saturated rings. The van der Waals surface area contributed by atoms with E-state index in [-0.39, 0.29) is 17.2 Å². The highest BCUT2D eigenvalue weighted by Crippen LogP contribution is 2.59. The molecule has 0 spiro atoms. The highest BCUT2D eigenvalue weighted by atomic mass is 16.5. The van der Waals surface area contributed by atoms with Crippen molar-refractivity contribution in [3.63, 3.8) is 0 Å². The van der Waals surface area contributed by atoms with Gasteiger partial charge in [-0.25, -0.2) is 9.59 Å². The predicted molar refractivity (Wildman–Crippen MR) is 310 cm³/mol. The number of rotatable bonds is 13. The molecule has 396 valence electrons. The lowest BCUT2D eigenvalue weighted by atomic mass is 9.73. The van der Waals surface area contributed by atoms with E-state index >= 15 is 0 Å². The number of carbonyl (C=O) groups excluding carboxylic acids is 2. The first kappa shape index (κ1) is 50.8. The predicted octanol–water partition coefficient (Wildman–Crippen LogP) is 15.3. The van der Waals surface area contributed by atoms with Gasteiger partial charge in [-0.05, 0) is 168 Å². The number of allylic oxidation sites excluding steroid dienone is 2. The van der Waals surface area contributed by atoms with Crippen molar-refractivity contribution in [1.29, 1.82) is 0 Å². The van der Waals surface area contributed by atoms with Gasteiger partial charge < -0.3 is 33.5 Å². The van der Waals surface area contributed by atoms with Crippen molar-refractivity contribution in [2.75, 3.05) is 45.3 Å². The number of ether oxygens (including phenoxy) is 5. The maximum Gasteiger partial charge on any atom is 0.347 e. The van der Waals surface area contributed by atoms with Crippen molar-refractivity contribution in [1.82, 2.24) is 4.90 Å². The molecule has 0 amide bonds. The molecule has 9 heteroatoms. The van der Waals surface area contributed by atoms with E-state index in [1.165, 1.54) is 61.0 Å². The van der Waals surface area contributed by atoms with Gasteiger partial charge in [0.05, 0.1) is 19.8 Å². The Labute approximate surface area is 458 Å². The Morgan fingerprint density at radius 3 is 2.03 bits per heavy atom. The molecule has 3 aliphatic carbocycles. The van der Waals surface area contributed by atoms with Gasteiger partial charge in [-0.2, -0.15) is 0 Å². The third kappa shape index (κ3) is 9.31.